The smallest absolute Gasteiger partial charge is 0.194 e. The third kappa shape index (κ3) is 4.96. The van der Waals surface area contributed by atoms with E-state index in [1.807, 2.05) is 23.1 Å². The van der Waals surface area contributed by atoms with Crippen molar-refractivity contribution in [1.29, 1.82) is 0 Å². The molecular formula is C18H26IN5. The molecule has 0 fully saturated rings. The summed E-state index contributed by atoms with van der Waals surface area (Å²) >= 11 is 0. The van der Waals surface area contributed by atoms with Gasteiger partial charge in [-0.3, -0.25) is 9.67 Å². The van der Waals surface area contributed by atoms with Crippen molar-refractivity contribution in [2.75, 3.05) is 19.6 Å². The molecule has 1 aromatic carbocycles. The van der Waals surface area contributed by atoms with Gasteiger partial charge in [-0.15, -0.1) is 24.0 Å². The fraction of sp³-hybridized carbons (Fsp3) is 0.444. The van der Waals surface area contributed by atoms with E-state index in [2.05, 4.69) is 46.5 Å². The molecule has 0 unspecified atom stereocenters. The minimum Gasteiger partial charge on any atom is -0.357 e. The summed E-state index contributed by atoms with van der Waals surface area (Å²) < 4.78 is 1.96. The summed E-state index contributed by atoms with van der Waals surface area (Å²) in [5, 5.41) is 7.66. The maximum atomic E-state index is 4.80. The number of aromatic nitrogens is 2. The van der Waals surface area contributed by atoms with Crippen molar-refractivity contribution in [3.63, 3.8) is 0 Å². The lowest BCUT2D eigenvalue weighted by Gasteiger charge is -2.31. The summed E-state index contributed by atoms with van der Waals surface area (Å²) in [5.41, 5.74) is 2.89. The van der Waals surface area contributed by atoms with E-state index in [4.69, 9.17) is 4.99 Å². The number of hydrogen-bond acceptors (Lipinski definition) is 2. The molecule has 1 aliphatic heterocycles. The second-order valence-corrected chi connectivity index (χ2v) is 5.80. The zero-order valence-electron chi connectivity index (χ0n) is 14.2. The molecule has 1 N–H and O–H groups in total. The van der Waals surface area contributed by atoms with Crippen molar-refractivity contribution in [3.05, 3.63) is 53.9 Å². The van der Waals surface area contributed by atoms with Crippen molar-refractivity contribution in [1.82, 2.24) is 20.0 Å². The Balaban J connectivity index is 0.00000208. The SMILES string of the molecule is CCNC(=NCCCn1cccn1)N1CCc2ccccc2C1.I. The third-order valence-electron chi connectivity index (χ3n) is 4.13. The van der Waals surface area contributed by atoms with Gasteiger partial charge in [0.1, 0.15) is 0 Å². The van der Waals surface area contributed by atoms with Gasteiger partial charge in [-0.05, 0) is 37.0 Å². The van der Waals surface area contributed by atoms with Gasteiger partial charge >= 0.3 is 0 Å². The first-order valence-corrected chi connectivity index (χ1v) is 8.44. The van der Waals surface area contributed by atoms with E-state index in [0.717, 1.165) is 51.5 Å². The molecule has 0 saturated carbocycles. The molecule has 0 radical (unpaired) electrons. The number of fused-ring (bicyclic) bond motifs is 1. The van der Waals surface area contributed by atoms with Crippen molar-refractivity contribution in [3.8, 4) is 0 Å². The number of guanidine groups is 1. The van der Waals surface area contributed by atoms with Crippen LogP contribution in [-0.2, 0) is 19.5 Å². The zero-order chi connectivity index (χ0) is 15.9. The van der Waals surface area contributed by atoms with Crippen LogP contribution in [0.25, 0.3) is 0 Å². The Morgan fingerprint density at radius 2 is 2.08 bits per heavy atom. The van der Waals surface area contributed by atoms with Crippen LogP contribution in [0.1, 0.15) is 24.5 Å². The molecular weight excluding hydrogens is 413 g/mol. The standard InChI is InChI=1S/C18H25N5.HI/c1-2-19-18(20-10-5-12-23-13-6-11-21-23)22-14-9-16-7-3-4-8-17(16)15-22;/h3-4,6-8,11,13H,2,5,9-10,12,14-15H2,1H3,(H,19,20);1H. The molecule has 0 aliphatic carbocycles. The predicted molar refractivity (Wildman–Crippen MR) is 109 cm³/mol. The third-order valence-corrected chi connectivity index (χ3v) is 4.13. The van der Waals surface area contributed by atoms with Crippen LogP contribution < -0.4 is 5.32 Å². The first kappa shape index (κ1) is 18.8. The van der Waals surface area contributed by atoms with E-state index in [0.29, 0.717) is 0 Å². The van der Waals surface area contributed by atoms with E-state index in [-0.39, 0.29) is 24.0 Å². The zero-order valence-corrected chi connectivity index (χ0v) is 16.5. The highest BCUT2D eigenvalue weighted by molar-refractivity contribution is 14.0. The van der Waals surface area contributed by atoms with E-state index in [1.165, 1.54) is 11.1 Å². The Morgan fingerprint density at radius 1 is 1.25 bits per heavy atom. The molecule has 3 rings (SSSR count). The van der Waals surface area contributed by atoms with Crippen LogP contribution >= 0.6 is 24.0 Å². The van der Waals surface area contributed by atoms with Crippen molar-refractivity contribution in [2.45, 2.75) is 32.9 Å². The molecule has 1 aliphatic rings. The summed E-state index contributed by atoms with van der Waals surface area (Å²) in [6, 6.07) is 10.7. The van der Waals surface area contributed by atoms with Crippen LogP contribution in [0.2, 0.25) is 0 Å². The van der Waals surface area contributed by atoms with Crippen LogP contribution in [0.3, 0.4) is 0 Å². The molecule has 1 aromatic heterocycles. The number of aliphatic imine (C=N–C) groups is 1. The second kappa shape index (κ2) is 9.66. The van der Waals surface area contributed by atoms with E-state index in [1.54, 1.807) is 0 Å². The summed E-state index contributed by atoms with van der Waals surface area (Å²) in [5.74, 6) is 1.03. The van der Waals surface area contributed by atoms with Crippen LogP contribution in [0.4, 0.5) is 0 Å². The number of nitrogens with one attached hydrogen (secondary N) is 1. The van der Waals surface area contributed by atoms with Gasteiger partial charge in [-0.2, -0.15) is 5.10 Å². The Labute approximate surface area is 161 Å². The molecule has 0 amide bonds. The van der Waals surface area contributed by atoms with Gasteiger partial charge in [0.05, 0.1) is 0 Å². The first-order chi connectivity index (χ1) is 11.4. The Hall–Kier alpha value is -1.57. The monoisotopic (exact) mass is 439 g/mol. The molecule has 6 heteroatoms. The average Bonchev–Trinajstić information content (AvgIpc) is 3.10. The van der Waals surface area contributed by atoms with Gasteiger partial charge in [-0.1, -0.05) is 24.3 Å². The van der Waals surface area contributed by atoms with Crippen molar-refractivity contribution in [2.24, 2.45) is 4.99 Å². The molecule has 0 bridgehead atoms. The molecule has 0 spiro atoms. The average molecular weight is 439 g/mol. The van der Waals surface area contributed by atoms with Crippen molar-refractivity contribution >= 4 is 29.9 Å². The van der Waals surface area contributed by atoms with Crippen LogP contribution in [-0.4, -0.2) is 40.3 Å². The number of rotatable bonds is 5. The normalized spacial score (nSPS) is 14.0. The molecule has 5 nitrogen and oxygen atoms in total. The largest absolute Gasteiger partial charge is 0.357 e. The minimum atomic E-state index is 0. The van der Waals surface area contributed by atoms with Crippen LogP contribution in [0.15, 0.2) is 47.7 Å². The van der Waals surface area contributed by atoms with E-state index < -0.39 is 0 Å². The fourth-order valence-corrected chi connectivity index (χ4v) is 2.95. The fourth-order valence-electron chi connectivity index (χ4n) is 2.95. The Bertz CT molecular complexity index is 639. The van der Waals surface area contributed by atoms with Crippen LogP contribution in [0, 0.1) is 0 Å². The Morgan fingerprint density at radius 3 is 2.83 bits per heavy atom. The molecule has 130 valence electrons. The van der Waals surface area contributed by atoms with E-state index >= 15 is 0 Å². The number of halogens is 1. The lowest BCUT2D eigenvalue weighted by Crippen LogP contribution is -2.44. The van der Waals surface area contributed by atoms with Gasteiger partial charge in [0.15, 0.2) is 5.96 Å². The lowest BCUT2D eigenvalue weighted by molar-refractivity contribution is 0.378. The number of aryl methyl sites for hydroxylation is 1. The van der Waals surface area contributed by atoms with Gasteiger partial charge in [-0.25, -0.2) is 0 Å². The summed E-state index contributed by atoms with van der Waals surface area (Å²) in [4.78, 5) is 7.16. The summed E-state index contributed by atoms with van der Waals surface area (Å²) in [7, 11) is 0. The predicted octanol–water partition coefficient (Wildman–Crippen LogP) is 2.92. The Kier molecular flexibility index (Phi) is 7.55. The van der Waals surface area contributed by atoms with Gasteiger partial charge in [0, 0.05) is 45.1 Å². The van der Waals surface area contributed by atoms with Gasteiger partial charge < -0.3 is 10.2 Å². The highest BCUT2D eigenvalue weighted by atomic mass is 127. The molecule has 0 saturated heterocycles. The molecule has 24 heavy (non-hydrogen) atoms. The molecule has 0 atom stereocenters. The lowest BCUT2D eigenvalue weighted by atomic mass is 10.0. The molecule has 2 heterocycles. The minimum absolute atomic E-state index is 0. The highest BCUT2D eigenvalue weighted by Crippen LogP contribution is 2.18. The summed E-state index contributed by atoms with van der Waals surface area (Å²) in [6.45, 7) is 6.73. The first-order valence-electron chi connectivity index (χ1n) is 8.44. The van der Waals surface area contributed by atoms with E-state index in [9.17, 15) is 0 Å². The summed E-state index contributed by atoms with van der Waals surface area (Å²) in [6.07, 6.45) is 5.91. The maximum Gasteiger partial charge on any atom is 0.194 e. The topological polar surface area (TPSA) is 45.5 Å². The van der Waals surface area contributed by atoms with Gasteiger partial charge in [0.25, 0.3) is 0 Å². The quantitative estimate of drug-likeness (QED) is 0.337. The highest BCUT2D eigenvalue weighted by Gasteiger charge is 2.18. The molecule has 2 aromatic rings. The second-order valence-electron chi connectivity index (χ2n) is 5.80. The van der Waals surface area contributed by atoms with Gasteiger partial charge in [0.2, 0.25) is 0 Å². The number of nitrogens with zero attached hydrogens (tertiary/aromatic N) is 4. The number of hydrogen-bond donors (Lipinski definition) is 1. The number of benzene rings is 1. The van der Waals surface area contributed by atoms with Crippen molar-refractivity contribution < 1.29 is 0 Å². The maximum absolute atomic E-state index is 4.80. The van der Waals surface area contributed by atoms with Crippen LogP contribution in [0.5, 0.6) is 0 Å².